The van der Waals surface area contributed by atoms with Crippen LogP contribution in [0.15, 0.2) is 21.7 Å². The van der Waals surface area contributed by atoms with E-state index in [4.69, 9.17) is 4.74 Å². The number of carbonyl (C=O) groups excluding carboxylic acids is 1. The average molecular weight is 346 g/mol. The number of carbonyl (C=O) groups is 1. The number of amides is 1. The number of hydrogen-bond acceptors (Lipinski definition) is 5. The molecule has 0 aromatic carbocycles. The summed E-state index contributed by atoms with van der Waals surface area (Å²) in [5.41, 5.74) is -0.567. The Kier molecular flexibility index (Phi) is 5.14. The highest BCUT2D eigenvalue weighted by Gasteiger charge is 2.36. The number of thiophene rings is 1. The van der Waals surface area contributed by atoms with Gasteiger partial charge in [0.15, 0.2) is 0 Å². The molecular weight excluding hydrogens is 324 g/mol. The monoisotopic (exact) mass is 346 g/mol. The molecule has 0 bridgehead atoms. The zero-order chi connectivity index (χ0) is 16.4. The van der Waals surface area contributed by atoms with Crippen LogP contribution < -0.4 is 5.32 Å². The number of alkyl carbamates (subject to hydrolysis) is 1. The largest absolute Gasteiger partial charge is 0.444 e. The van der Waals surface area contributed by atoms with Gasteiger partial charge in [-0.3, -0.25) is 0 Å². The molecule has 1 N–H and O–H groups in total. The van der Waals surface area contributed by atoms with E-state index in [0.717, 1.165) is 12.8 Å². The van der Waals surface area contributed by atoms with Crippen molar-refractivity contribution in [1.82, 2.24) is 9.62 Å². The maximum atomic E-state index is 12.6. The van der Waals surface area contributed by atoms with Gasteiger partial charge in [-0.15, -0.1) is 11.3 Å². The van der Waals surface area contributed by atoms with Gasteiger partial charge in [0.25, 0.3) is 10.0 Å². The fraction of sp³-hybridized carbons (Fsp3) is 0.643. The van der Waals surface area contributed by atoms with Crippen molar-refractivity contribution >= 4 is 27.5 Å². The van der Waals surface area contributed by atoms with Crippen LogP contribution in [0.1, 0.15) is 33.6 Å². The molecule has 8 heteroatoms. The third kappa shape index (κ3) is 4.21. The lowest BCUT2D eigenvalue weighted by molar-refractivity contribution is 0.0519. The van der Waals surface area contributed by atoms with Crippen LogP contribution in [-0.2, 0) is 14.8 Å². The lowest BCUT2D eigenvalue weighted by Gasteiger charge is -2.25. The fourth-order valence-electron chi connectivity index (χ4n) is 2.37. The van der Waals surface area contributed by atoms with Gasteiger partial charge >= 0.3 is 6.09 Å². The quantitative estimate of drug-likeness (QED) is 0.908. The van der Waals surface area contributed by atoms with E-state index < -0.39 is 21.7 Å². The summed E-state index contributed by atoms with van der Waals surface area (Å²) in [6.45, 7) is 6.11. The summed E-state index contributed by atoms with van der Waals surface area (Å²) in [4.78, 5) is 11.7. The van der Waals surface area contributed by atoms with Crippen LogP contribution in [0.5, 0.6) is 0 Å². The zero-order valence-electron chi connectivity index (χ0n) is 13.0. The predicted octanol–water partition coefficient (Wildman–Crippen LogP) is 2.43. The van der Waals surface area contributed by atoms with E-state index in [0.29, 0.717) is 10.8 Å². The molecule has 6 nitrogen and oxygen atoms in total. The topological polar surface area (TPSA) is 75.7 Å². The minimum Gasteiger partial charge on any atom is -0.444 e. The van der Waals surface area contributed by atoms with E-state index in [2.05, 4.69) is 5.32 Å². The molecule has 1 aliphatic rings. The molecule has 1 aromatic heterocycles. The Labute approximate surface area is 135 Å². The summed E-state index contributed by atoms with van der Waals surface area (Å²) >= 11 is 1.21. The fourth-order valence-corrected chi connectivity index (χ4v) is 5.18. The highest BCUT2D eigenvalue weighted by molar-refractivity contribution is 7.91. The Hall–Kier alpha value is -1.12. The number of nitrogens with zero attached hydrogens (tertiary/aromatic N) is 1. The van der Waals surface area contributed by atoms with Crippen LogP contribution in [0, 0.1) is 0 Å². The minimum atomic E-state index is -3.47. The molecule has 124 valence electrons. The first-order chi connectivity index (χ1) is 10.2. The van der Waals surface area contributed by atoms with E-state index in [9.17, 15) is 13.2 Å². The third-order valence-corrected chi connectivity index (χ3v) is 6.59. The molecule has 0 saturated carbocycles. The van der Waals surface area contributed by atoms with Crippen molar-refractivity contribution in [1.29, 1.82) is 0 Å². The van der Waals surface area contributed by atoms with Crippen LogP contribution in [-0.4, -0.2) is 43.5 Å². The van der Waals surface area contributed by atoms with Gasteiger partial charge < -0.3 is 10.1 Å². The van der Waals surface area contributed by atoms with Crippen molar-refractivity contribution in [2.24, 2.45) is 0 Å². The molecule has 0 spiro atoms. The lowest BCUT2D eigenvalue weighted by atomic mass is 10.2. The van der Waals surface area contributed by atoms with Gasteiger partial charge in [0.1, 0.15) is 9.81 Å². The first-order valence-electron chi connectivity index (χ1n) is 7.22. The molecule has 1 aliphatic heterocycles. The highest BCUT2D eigenvalue weighted by Crippen LogP contribution is 2.28. The number of rotatable bonds is 4. The van der Waals surface area contributed by atoms with Gasteiger partial charge in [0.2, 0.25) is 0 Å². The van der Waals surface area contributed by atoms with E-state index in [1.165, 1.54) is 15.6 Å². The van der Waals surface area contributed by atoms with Crippen molar-refractivity contribution in [3.63, 3.8) is 0 Å². The van der Waals surface area contributed by atoms with Crippen LogP contribution in [0.25, 0.3) is 0 Å². The predicted molar refractivity (Wildman–Crippen MR) is 85.5 cm³/mol. The van der Waals surface area contributed by atoms with Crippen molar-refractivity contribution in [2.45, 2.75) is 49.5 Å². The standard InChI is InChI=1S/C14H22N2O4S2/c1-14(2,3)20-13(17)15-10-11-6-4-8-16(11)22(18,19)12-7-5-9-21-12/h5,7,9,11H,4,6,8,10H2,1-3H3,(H,15,17)/t11-/m0/s1. The maximum Gasteiger partial charge on any atom is 0.407 e. The second-order valence-electron chi connectivity index (χ2n) is 6.23. The summed E-state index contributed by atoms with van der Waals surface area (Å²) < 4.78 is 32.1. The Morgan fingerprint density at radius 2 is 2.23 bits per heavy atom. The minimum absolute atomic E-state index is 0.223. The summed E-state index contributed by atoms with van der Waals surface area (Å²) in [6.07, 6.45) is 1.01. The molecule has 0 aliphatic carbocycles. The van der Waals surface area contributed by atoms with Crippen molar-refractivity contribution in [3.8, 4) is 0 Å². The van der Waals surface area contributed by atoms with E-state index in [1.54, 1.807) is 38.3 Å². The van der Waals surface area contributed by atoms with Crippen molar-refractivity contribution in [2.75, 3.05) is 13.1 Å². The Morgan fingerprint density at radius 1 is 1.50 bits per heavy atom. The molecule has 2 rings (SSSR count). The Morgan fingerprint density at radius 3 is 2.82 bits per heavy atom. The summed E-state index contributed by atoms with van der Waals surface area (Å²) in [6, 6.07) is 3.11. The molecular formula is C14H22N2O4S2. The molecule has 1 aromatic rings. The first kappa shape index (κ1) is 17.2. The van der Waals surface area contributed by atoms with Gasteiger partial charge in [0, 0.05) is 19.1 Å². The van der Waals surface area contributed by atoms with E-state index >= 15 is 0 Å². The van der Waals surface area contributed by atoms with Gasteiger partial charge in [-0.25, -0.2) is 13.2 Å². The SMILES string of the molecule is CC(C)(C)OC(=O)NC[C@@H]1CCCN1S(=O)(=O)c1cccs1. The van der Waals surface area contributed by atoms with Crippen LogP contribution in [0.4, 0.5) is 4.79 Å². The Bertz CT molecular complexity index is 605. The summed E-state index contributed by atoms with van der Waals surface area (Å²) in [5.74, 6) is 0. The average Bonchev–Trinajstić information content (AvgIpc) is 3.06. The Balaban J connectivity index is 1.98. The molecule has 1 atom stereocenters. The number of nitrogens with one attached hydrogen (secondary N) is 1. The second kappa shape index (κ2) is 6.55. The molecule has 0 unspecified atom stereocenters. The zero-order valence-corrected chi connectivity index (χ0v) is 14.7. The summed E-state index contributed by atoms with van der Waals surface area (Å²) in [5, 5.41) is 4.41. The molecule has 0 radical (unpaired) electrons. The molecule has 1 saturated heterocycles. The van der Waals surface area contributed by atoms with Gasteiger partial charge in [-0.2, -0.15) is 4.31 Å². The third-order valence-electron chi connectivity index (χ3n) is 3.26. The van der Waals surface area contributed by atoms with Crippen LogP contribution >= 0.6 is 11.3 Å². The number of sulfonamides is 1. The van der Waals surface area contributed by atoms with Gasteiger partial charge in [0.05, 0.1) is 0 Å². The van der Waals surface area contributed by atoms with Crippen LogP contribution in [0.2, 0.25) is 0 Å². The lowest BCUT2D eigenvalue weighted by Crippen LogP contribution is -2.44. The van der Waals surface area contributed by atoms with Gasteiger partial charge in [-0.1, -0.05) is 6.07 Å². The van der Waals surface area contributed by atoms with E-state index in [-0.39, 0.29) is 12.6 Å². The molecule has 2 heterocycles. The first-order valence-corrected chi connectivity index (χ1v) is 9.54. The maximum absolute atomic E-state index is 12.6. The molecule has 1 fully saturated rings. The van der Waals surface area contributed by atoms with Crippen LogP contribution in [0.3, 0.4) is 0 Å². The molecule has 22 heavy (non-hydrogen) atoms. The van der Waals surface area contributed by atoms with Gasteiger partial charge in [-0.05, 0) is 45.1 Å². The van der Waals surface area contributed by atoms with E-state index in [1.807, 2.05) is 0 Å². The van der Waals surface area contributed by atoms with Crippen molar-refractivity contribution < 1.29 is 17.9 Å². The smallest absolute Gasteiger partial charge is 0.407 e. The second-order valence-corrected chi connectivity index (χ2v) is 9.29. The normalized spacial score (nSPS) is 20.0. The number of ether oxygens (including phenoxy) is 1. The highest BCUT2D eigenvalue weighted by atomic mass is 32.2. The summed E-state index contributed by atoms with van der Waals surface area (Å²) in [7, 11) is -3.47. The number of hydrogen-bond donors (Lipinski definition) is 1. The molecule has 1 amide bonds. The van der Waals surface area contributed by atoms with Crippen molar-refractivity contribution in [3.05, 3.63) is 17.5 Å².